The van der Waals surface area contributed by atoms with Crippen molar-refractivity contribution in [3.63, 3.8) is 0 Å². The van der Waals surface area contributed by atoms with Crippen molar-refractivity contribution in [2.24, 2.45) is 0 Å². The molecule has 27 heavy (non-hydrogen) atoms. The van der Waals surface area contributed by atoms with Crippen LogP contribution in [0.1, 0.15) is 18.4 Å². The second-order valence-electron chi connectivity index (χ2n) is 5.80. The molecule has 1 amide bonds. The van der Waals surface area contributed by atoms with E-state index in [1.807, 2.05) is 0 Å². The molecule has 0 radical (unpaired) electrons. The van der Waals surface area contributed by atoms with Crippen molar-refractivity contribution in [3.05, 3.63) is 37.9 Å². The van der Waals surface area contributed by atoms with Crippen LogP contribution in [0.15, 0.2) is 12.1 Å². The van der Waals surface area contributed by atoms with Gasteiger partial charge in [0.2, 0.25) is 0 Å². The summed E-state index contributed by atoms with van der Waals surface area (Å²) in [6.07, 6.45) is -4.74. The molecule has 0 spiro atoms. The molecule has 1 heterocycles. The maximum Gasteiger partial charge on any atom is 0.416 e. The van der Waals surface area contributed by atoms with E-state index in [0.29, 0.717) is 19.4 Å². The molecule has 1 N–H and O–H groups in total. The van der Waals surface area contributed by atoms with Crippen LogP contribution in [0.3, 0.4) is 0 Å². The largest absolute Gasteiger partial charge is 0.453 e. The lowest BCUT2D eigenvalue weighted by atomic mass is 10.0. The monoisotopic (exact) mass is 392 g/mol. The number of nitro benzene ring substituents is 2. The zero-order valence-corrected chi connectivity index (χ0v) is 14.0. The van der Waals surface area contributed by atoms with Gasteiger partial charge >= 0.3 is 12.3 Å². The Labute approximate surface area is 150 Å². The minimum atomic E-state index is -4.99. The van der Waals surface area contributed by atoms with Crippen LogP contribution < -0.4 is 5.32 Å². The second-order valence-corrected chi connectivity index (χ2v) is 5.80. The maximum atomic E-state index is 12.9. The lowest BCUT2D eigenvalue weighted by Gasteiger charge is -2.32. The van der Waals surface area contributed by atoms with Gasteiger partial charge < -0.3 is 15.0 Å². The van der Waals surface area contributed by atoms with Crippen molar-refractivity contribution >= 4 is 23.2 Å². The normalized spacial score (nSPS) is 17.3. The number of benzene rings is 1. The van der Waals surface area contributed by atoms with Crippen molar-refractivity contribution < 1.29 is 32.5 Å². The van der Waals surface area contributed by atoms with E-state index < -0.39 is 50.8 Å². The van der Waals surface area contributed by atoms with Gasteiger partial charge in [-0.15, -0.1) is 0 Å². The van der Waals surface area contributed by atoms with E-state index in [9.17, 15) is 38.2 Å². The number of hydrogen-bond donors (Lipinski definition) is 1. The van der Waals surface area contributed by atoms with E-state index in [2.05, 4.69) is 10.1 Å². The number of likely N-dealkylation sites (tertiary alicyclic amines) is 1. The number of carbonyl (C=O) groups excluding carboxylic acids is 1. The van der Waals surface area contributed by atoms with Crippen molar-refractivity contribution in [1.82, 2.24) is 4.90 Å². The van der Waals surface area contributed by atoms with E-state index in [4.69, 9.17) is 0 Å². The molecular formula is C14H15F3N4O6. The molecule has 1 atom stereocenters. The Morgan fingerprint density at radius 3 is 2.26 bits per heavy atom. The molecule has 1 aromatic rings. The first-order valence-electron chi connectivity index (χ1n) is 7.68. The summed E-state index contributed by atoms with van der Waals surface area (Å²) in [7, 11) is 1.17. The first kappa shape index (κ1) is 20.2. The third kappa shape index (κ3) is 4.54. The number of anilines is 1. The van der Waals surface area contributed by atoms with Crippen LogP contribution in [0.5, 0.6) is 0 Å². The lowest BCUT2D eigenvalue weighted by Crippen LogP contribution is -2.45. The minimum Gasteiger partial charge on any atom is -0.453 e. The van der Waals surface area contributed by atoms with Gasteiger partial charge in [-0.25, -0.2) is 4.79 Å². The fraction of sp³-hybridized carbons (Fsp3) is 0.500. The Balaban J connectivity index is 2.44. The first-order chi connectivity index (χ1) is 12.5. The van der Waals surface area contributed by atoms with Gasteiger partial charge in [-0.1, -0.05) is 0 Å². The highest BCUT2D eigenvalue weighted by Crippen LogP contribution is 2.41. The predicted octanol–water partition coefficient (Wildman–Crippen LogP) is 3.16. The molecule has 1 saturated heterocycles. The number of alkyl halides is 3. The van der Waals surface area contributed by atoms with E-state index in [1.54, 1.807) is 0 Å². The average Bonchev–Trinajstić information content (AvgIpc) is 2.59. The fourth-order valence-electron chi connectivity index (χ4n) is 2.81. The Morgan fingerprint density at radius 2 is 1.81 bits per heavy atom. The molecule has 2 rings (SSSR count). The van der Waals surface area contributed by atoms with Gasteiger partial charge in [0.15, 0.2) is 5.69 Å². The van der Waals surface area contributed by atoms with Crippen LogP contribution in [-0.2, 0) is 10.9 Å². The van der Waals surface area contributed by atoms with E-state index in [-0.39, 0.29) is 18.7 Å². The van der Waals surface area contributed by atoms with E-state index in [0.717, 1.165) is 0 Å². The van der Waals surface area contributed by atoms with Crippen LogP contribution in [0.25, 0.3) is 0 Å². The highest BCUT2D eigenvalue weighted by molar-refractivity contribution is 5.75. The van der Waals surface area contributed by atoms with Gasteiger partial charge in [-0.2, -0.15) is 13.2 Å². The van der Waals surface area contributed by atoms with Crippen LogP contribution >= 0.6 is 0 Å². The zero-order valence-electron chi connectivity index (χ0n) is 14.0. The first-order valence-corrected chi connectivity index (χ1v) is 7.68. The van der Waals surface area contributed by atoms with Crippen LogP contribution in [-0.4, -0.2) is 47.1 Å². The van der Waals surface area contributed by atoms with Crippen molar-refractivity contribution in [2.45, 2.75) is 25.1 Å². The zero-order chi connectivity index (χ0) is 20.4. The maximum absolute atomic E-state index is 12.9. The molecule has 0 aromatic heterocycles. The van der Waals surface area contributed by atoms with Crippen molar-refractivity contribution in [3.8, 4) is 0 Å². The van der Waals surface area contributed by atoms with Gasteiger partial charge in [0.1, 0.15) is 0 Å². The topological polar surface area (TPSA) is 128 Å². The number of piperidine rings is 1. The SMILES string of the molecule is COC(=O)N1CCCC(Nc2c([N+](=O)[O-])cc(C(F)(F)F)cc2[N+](=O)[O-])C1. The molecule has 13 heteroatoms. The van der Waals surface area contributed by atoms with E-state index in [1.165, 1.54) is 12.0 Å². The molecule has 10 nitrogen and oxygen atoms in total. The van der Waals surface area contributed by atoms with Gasteiger partial charge in [0.25, 0.3) is 11.4 Å². The number of halogens is 3. The molecule has 0 bridgehead atoms. The summed E-state index contributed by atoms with van der Waals surface area (Å²) < 4.78 is 43.3. The van der Waals surface area contributed by atoms with Crippen LogP contribution in [0, 0.1) is 20.2 Å². The number of carbonyl (C=O) groups is 1. The molecule has 0 saturated carbocycles. The third-order valence-corrected chi connectivity index (χ3v) is 4.02. The number of hydrogen-bond acceptors (Lipinski definition) is 7. The van der Waals surface area contributed by atoms with Crippen molar-refractivity contribution in [1.29, 1.82) is 0 Å². The third-order valence-electron chi connectivity index (χ3n) is 4.02. The van der Waals surface area contributed by atoms with Gasteiger partial charge in [0.05, 0.1) is 22.5 Å². The molecule has 1 fully saturated rings. The predicted molar refractivity (Wildman–Crippen MR) is 85.4 cm³/mol. The summed E-state index contributed by atoms with van der Waals surface area (Å²) >= 11 is 0. The summed E-state index contributed by atoms with van der Waals surface area (Å²) in [5, 5.41) is 25.0. The van der Waals surface area contributed by atoms with Crippen molar-refractivity contribution in [2.75, 3.05) is 25.5 Å². The molecular weight excluding hydrogens is 377 g/mol. The second kappa shape index (κ2) is 7.63. The van der Waals surface area contributed by atoms with Gasteiger partial charge in [-0.3, -0.25) is 20.2 Å². The smallest absolute Gasteiger partial charge is 0.416 e. The lowest BCUT2D eigenvalue weighted by molar-refractivity contribution is -0.392. The van der Waals surface area contributed by atoms with Gasteiger partial charge in [0, 0.05) is 31.3 Å². The summed E-state index contributed by atoms with van der Waals surface area (Å²) in [6, 6.07) is -0.140. The molecule has 148 valence electrons. The highest BCUT2D eigenvalue weighted by Gasteiger charge is 2.38. The summed E-state index contributed by atoms with van der Waals surface area (Å²) in [4.78, 5) is 33.1. The summed E-state index contributed by atoms with van der Waals surface area (Å²) in [6.45, 7) is 0.393. The Kier molecular flexibility index (Phi) is 5.71. The standard InChI is InChI=1S/C14H15F3N4O6/c1-27-13(22)19-4-2-3-9(7-19)18-12-10(20(23)24)5-8(14(15,16)17)6-11(12)21(25)26/h5-6,9,18H,2-4,7H2,1H3. The Bertz CT molecular complexity index is 735. The molecule has 1 unspecified atom stereocenters. The average molecular weight is 392 g/mol. The molecule has 1 aliphatic heterocycles. The fourth-order valence-corrected chi connectivity index (χ4v) is 2.81. The number of nitro groups is 2. The Hall–Kier alpha value is -3.12. The quantitative estimate of drug-likeness (QED) is 0.616. The molecule has 0 aliphatic carbocycles. The summed E-state index contributed by atoms with van der Waals surface area (Å²) in [5.41, 5.74) is -4.25. The number of nitrogens with one attached hydrogen (secondary N) is 1. The van der Waals surface area contributed by atoms with Gasteiger partial charge in [-0.05, 0) is 12.8 Å². The minimum absolute atomic E-state index is 0.0298. The number of amides is 1. The summed E-state index contributed by atoms with van der Waals surface area (Å²) in [5.74, 6) is 0. The number of nitrogens with zero attached hydrogens (tertiary/aromatic N) is 3. The highest BCUT2D eigenvalue weighted by atomic mass is 19.4. The van der Waals surface area contributed by atoms with E-state index >= 15 is 0 Å². The Morgan fingerprint density at radius 1 is 1.26 bits per heavy atom. The molecule has 1 aliphatic rings. The molecule has 1 aromatic carbocycles. The number of methoxy groups -OCH3 is 1. The van der Waals surface area contributed by atoms with Crippen LogP contribution in [0.4, 0.5) is 35.0 Å². The van der Waals surface area contributed by atoms with Crippen LogP contribution in [0.2, 0.25) is 0 Å². The number of rotatable bonds is 4. The number of ether oxygens (including phenoxy) is 1.